The van der Waals surface area contributed by atoms with Gasteiger partial charge in [-0.3, -0.25) is 0 Å². The number of hydrogen-bond acceptors (Lipinski definition) is 2. The highest BCUT2D eigenvalue weighted by Gasteiger charge is 2.36. The second-order valence-electron chi connectivity index (χ2n) is 4.82. The van der Waals surface area contributed by atoms with E-state index in [1.807, 2.05) is 0 Å². The van der Waals surface area contributed by atoms with Crippen molar-refractivity contribution in [1.29, 1.82) is 0 Å². The van der Waals surface area contributed by atoms with Crippen molar-refractivity contribution in [3.63, 3.8) is 0 Å². The van der Waals surface area contributed by atoms with E-state index in [4.69, 9.17) is 10.8 Å². The van der Waals surface area contributed by atoms with Gasteiger partial charge in [-0.15, -0.1) is 0 Å². The van der Waals surface area contributed by atoms with Gasteiger partial charge in [0.25, 0.3) is 0 Å². The molecule has 0 spiro atoms. The first kappa shape index (κ1) is 11.9. The van der Waals surface area contributed by atoms with Crippen LogP contribution in [0.2, 0.25) is 0 Å². The van der Waals surface area contributed by atoms with Gasteiger partial charge in [-0.2, -0.15) is 0 Å². The van der Waals surface area contributed by atoms with Crippen molar-refractivity contribution in [3.8, 4) is 0 Å². The summed E-state index contributed by atoms with van der Waals surface area (Å²) in [4.78, 5) is 0. The number of alkyl halides is 2. The minimum atomic E-state index is -2.47. The third-order valence-electron chi connectivity index (χ3n) is 2.95. The Morgan fingerprint density at radius 1 is 1.43 bits per heavy atom. The van der Waals surface area contributed by atoms with Crippen LogP contribution < -0.4 is 5.73 Å². The summed E-state index contributed by atoms with van der Waals surface area (Å²) in [5.74, 6) is -2.22. The van der Waals surface area contributed by atoms with E-state index in [0.717, 1.165) is 0 Å². The number of aliphatic hydroxyl groups is 1. The van der Waals surface area contributed by atoms with Crippen LogP contribution in [0.1, 0.15) is 39.0 Å². The number of hydrogen-bond donors (Lipinski definition) is 2. The van der Waals surface area contributed by atoms with Crippen LogP contribution in [-0.4, -0.2) is 23.2 Å². The molecule has 1 fully saturated rings. The van der Waals surface area contributed by atoms with Crippen molar-refractivity contribution in [2.24, 2.45) is 11.7 Å². The molecular formula is C10H19F2NO. The van der Waals surface area contributed by atoms with E-state index < -0.39 is 11.5 Å². The minimum absolute atomic E-state index is 0.0286. The SMILES string of the molecule is CC(N)(CO)CC1CCC(F)(F)CC1. The molecule has 1 rings (SSSR count). The lowest BCUT2D eigenvalue weighted by Gasteiger charge is -2.33. The van der Waals surface area contributed by atoms with Gasteiger partial charge in [-0.05, 0) is 32.1 Å². The Kier molecular flexibility index (Phi) is 3.48. The molecule has 1 aliphatic carbocycles. The molecule has 1 saturated carbocycles. The quantitative estimate of drug-likeness (QED) is 0.742. The van der Waals surface area contributed by atoms with Crippen LogP contribution in [0.5, 0.6) is 0 Å². The molecule has 84 valence electrons. The minimum Gasteiger partial charge on any atom is -0.394 e. The first-order valence-corrected chi connectivity index (χ1v) is 5.12. The molecule has 1 atom stereocenters. The zero-order chi connectivity index (χ0) is 10.8. The molecule has 0 heterocycles. The van der Waals surface area contributed by atoms with Gasteiger partial charge < -0.3 is 10.8 Å². The van der Waals surface area contributed by atoms with Crippen molar-refractivity contribution < 1.29 is 13.9 Å². The van der Waals surface area contributed by atoms with Crippen LogP contribution in [-0.2, 0) is 0 Å². The highest BCUT2D eigenvalue weighted by molar-refractivity contribution is 4.85. The van der Waals surface area contributed by atoms with Crippen LogP contribution in [0, 0.1) is 5.92 Å². The lowest BCUT2D eigenvalue weighted by molar-refractivity contribution is -0.0491. The second kappa shape index (κ2) is 4.11. The Hall–Kier alpha value is -0.220. The molecular weight excluding hydrogens is 188 g/mol. The highest BCUT2D eigenvalue weighted by Crippen LogP contribution is 2.38. The van der Waals surface area contributed by atoms with E-state index in [0.29, 0.717) is 19.3 Å². The summed E-state index contributed by atoms with van der Waals surface area (Å²) in [5.41, 5.74) is 5.16. The maximum atomic E-state index is 12.8. The highest BCUT2D eigenvalue weighted by atomic mass is 19.3. The van der Waals surface area contributed by atoms with Crippen LogP contribution >= 0.6 is 0 Å². The Morgan fingerprint density at radius 3 is 2.36 bits per heavy atom. The molecule has 0 aliphatic heterocycles. The van der Waals surface area contributed by atoms with E-state index in [-0.39, 0.29) is 25.4 Å². The average Bonchev–Trinajstić information content (AvgIpc) is 2.09. The summed E-state index contributed by atoms with van der Waals surface area (Å²) in [6.45, 7) is 1.68. The van der Waals surface area contributed by atoms with Crippen LogP contribution in [0.4, 0.5) is 8.78 Å². The van der Waals surface area contributed by atoms with Crippen LogP contribution in [0.15, 0.2) is 0 Å². The zero-order valence-corrected chi connectivity index (χ0v) is 8.60. The first-order valence-electron chi connectivity index (χ1n) is 5.12. The smallest absolute Gasteiger partial charge is 0.248 e. The van der Waals surface area contributed by atoms with Gasteiger partial charge in [0.05, 0.1) is 6.61 Å². The fourth-order valence-electron chi connectivity index (χ4n) is 2.03. The van der Waals surface area contributed by atoms with E-state index >= 15 is 0 Å². The summed E-state index contributed by atoms with van der Waals surface area (Å²) >= 11 is 0. The lowest BCUT2D eigenvalue weighted by atomic mass is 9.79. The van der Waals surface area contributed by atoms with E-state index in [2.05, 4.69) is 0 Å². The van der Waals surface area contributed by atoms with Crippen LogP contribution in [0.25, 0.3) is 0 Å². The molecule has 14 heavy (non-hydrogen) atoms. The van der Waals surface area contributed by atoms with Crippen molar-refractivity contribution in [1.82, 2.24) is 0 Å². The Balaban J connectivity index is 2.36. The summed E-state index contributed by atoms with van der Waals surface area (Å²) in [6, 6.07) is 0. The second-order valence-corrected chi connectivity index (χ2v) is 4.82. The number of aliphatic hydroxyl groups excluding tert-OH is 1. The van der Waals surface area contributed by atoms with Crippen molar-refractivity contribution in [3.05, 3.63) is 0 Å². The summed E-state index contributed by atoms with van der Waals surface area (Å²) in [6.07, 6.45) is 1.64. The molecule has 0 amide bonds. The summed E-state index contributed by atoms with van der Waals surface area (Å²) in [5, 5.41) is 8.95. The molecule has 0 aromatic heterocycles. The van der Waals surface area contributed by atoms with Gasteiger partial charge in [0, 0.05) is 18.4 Å². The van der Waals surface area contributed by atoms with E-state index in [1.54, 1.807) is 6.92 Å². The third kappa shape index (κ3) is 3.50. The zero-order valence-electron chi connectivity index (χ0n) is 8.60. The van der Waals surface area contributed by atoms with Gasteiger partial charge in [-0.1, -0.05) is 0 Å². The predicted molar refractivity (Wildman–Crippen MR) is 51.2 cm³/mol. The lowest BCUT2D eigenvalue weighted by Crippen LogP contribution is -2.43. The monoisotopic (exact) mass is 207 g/mol. The molecule has 1 aliphatic rings. The topological polar surface area (TPSA) is 46.2 Å². The van der Waals surface area contributed by atoms with E-state index in [9.17, 15) is 8.78 Å². The van der Waals surface area contributed by atoms with Gasteiger partial charge in [0.2, 0.25) is 5.92 Å². The molecule has 1 unspecified atom stereocenters. The maximum Gasteiger partial charge on any atom is 0.248 e. The van der Waals surface area contributed by atoms with Crippen molar-refractivity contribution in [2.75, 3.05) is 6.61 Å². The van der Waals surface area contributed by atoms with Crippen LogP contribution in [0.3, 0.4) is 0 Å². The standard InChI is InChI=1S/C10H19F2NO/c1-9(13,7-14)6-8-2-4-10(11,12)5-3-8/h8,14H,2-7,13H2,1H3. The fraction of sp³-hybridized carbons (Fsp3) is 1.00. The predicted octanol–water partition coefficient (Wildman–Crippen LogP) is 1.91. The van der Waals surface area contributed by atoms with Gasteiger partial charge in [0.15, 0.2) is 0 Å². The number of nitrogens with two attached hydrogens (primary N) is 1. The fourth-order valence-corrected chi connectivity index (χ4v) is 2.03. The largest absolute Gasteiger partial charge is 0.394 e. The average molecular weight is 207 g/mol. The van der Waals surface area contributed by atoms with E-state index in [1.165, 1.54) is 0 Å². The molecule has 0 radical (unpaired) electrons. The molecule has 0 bridgehead atoms. The molecule has 3 N–H and O–H groups in total. The summed E-state index contributed by atoms with van der Waals surface area (Å²) in [7, 11) is 0. The molecule has 0 aromatic rings. The Morgan fingerprint density at radius 2 is 1.93 bits per heavy atom. The first-order chi connectivity index (χ1) is 6.35. The molecule has 2 nitrogen and oxygen atoms in total. The summed E-state index contributed by atoms with van der Waals surface area (Å²) < 4.78 is 25.6. The third-order valence-corrected chi connectivity index (χ3v) is 2.95. The van der Waals surface area contributed by atoms with Gasteiger partial charge in [0.1, 0.15) is 0 Å². The Labute approximate surface area is 83.5 Å². The van der Waals surface area contributed by atoms with Gasteiger partial charge >= 0.3 is 0 Å². The van der Waals surface area contributed by atoms with Crippen molar-refractivity contribution in [2.45, 2.75) is 50.5 Å². The maximum absolute atomic E-state index is 12.8. The molecule has 0 saturated heterocycles. The number of halogens is 2. The van der Waals surface area contributed by atoms with Crippen molar-refractivity contribution >= 4 is 0 Å². The number of rotatable bonds is 3. The molecule has 0 aromatic carbocycles. The Bertz CT molecular complexity index is 185. The normalized spacial score (nSPS) is 27.2. The van der Waals surface area contributed by atoms with Gasteiger partial charge in [-0.25, -0.2) is 8.78 Å². The molecule has 4 heteroatoms.